The van der Waals surface area contributed by atoms with Gasteiger partial charge in [0.1, 0.15) is 0 Å². The predicted octanol–water partition coefficient (Wildman–Crippen LogP) is 2.11. The molecule has 17 heavy (non-hydrogen) atoms. The fourth-order valence-electron chi connectivity index (χ4n) is 1.38. The summed E-state index contributed by atoms with van der Waals surface area (Å²) < 4.78 is 0.901. The largest absolute Gasteiger partial charge is 0.343 e. The molecule has 6 heteroatoms. The first-order chi connectivity index (χ1) is 8.08. The summed E-state index contributed by atoms with van der Waals surface area (Å²) in [5.41, 5.74) is 0.578. The third-order valence-electron chi connectivity index (χ3n) is 2.35. The van der Waals surface area contributed by atoms with Gasteiger partial charge in [-0.2, -0.15) is 0 Å². The van der Waals surface area contributed by atoms with Crippen LogP contribution in [-0.2, 0) is 4.79 Å². The zero-order valence-corrected chi connectivity index (χ0v) is 12.2. The van der Waals surface area contributed by atoms with Gasteiger partial charge in [0, 0.05) is 18.5 Å². The van der Waals surface area contributed by atoms with E-state index in [4.69, 9.17) is 0 Å². The van der Waals surface area contributed by atoms with Crippen molar-refractivity contribution in [3.05, 3.63) is 20.8 Å². The van der Waals surface area contributed by atoms with E-state index in [0.717, 1.165) is 3.79 Å². The minimum atomic E-state index is -0.215. The Kier molecular flexibility index (Phi) is 5.64. The number of rotatable bonds is 5. The van der Waals surface area contributed by atoms with Gasteiger partial charge in [-0.05, 0) is 35.8 Å². The van der Waals surface area contributed by atoms with Crippen LogP contribution in [0.25, 0.3) is 0 Å². The van der Waals surface area contributed by atoms with Crippen molar-refractivity contribution in [1.82, 2.24) is 10.2 Å². The van der Waals surface area contributed by atoms with E-state index in [1.807, 2.05) is 13.8 Å². The normalized spacial score (nSPS) is 10.1. The highest BCUT2D eigenvalue weighted by molar-refractivity contribution is 9.11. The quantitative estimate of drug-likeness (QED) is 0.904. The van der Waals surface area contributed by atoms with E-state index >= 15 is 0 Å². The van der Waals surface area contributed by atoms with Crippen molar-refractivity contribution < 1.29 is 9.59 Å². The molecule has 4 nitrogen and oxygen atoms in total. The SMILES string of the molecule is CCN(CC)C(=O)CNC(=O)c1csc(Br)c1. The average molecular weight is 319 g/mol. The minimum Gasteiger partial charge on any atom is -0.343 e. The lowest BCUT2D eigenvalue weighted by Crippen LogP contribution is -2.39. The number of amides is 2. The maximum atomic E-state index is 11.7. The third kappa shape index (κ3) is 4.12. The summed E-state index contributed by atoms with van der Waals surface area (Å²) >= 11 is 4.73. The molecule has 94 valence electrons. The molecule has 0 bridgehead atoms. The number of likely N-dealkylation sites (N-methyl/N-ethyl adjacent to an activating group) is 1. The molecule has 0 unspecified atom stereocenters. The van der Waals surface area contributed by atoms with Gasteiger partial charge in [-0.3, -0.25) is 9.59 Å². The molecule has 0 saturated carbocycles. The average Bonchev–Trinajstić information content (AvgIpc) is 2.74. The molecule has 0 spiro atoms. The molecule has 0 aromatic carbocycles. The summed E-state index contributed by atoms with van der Waals surface area (Å²) in [4.78, 5) is 25.0. The summed E-state index contributed by atoms with van der Waals surface area (Å²) in [5, 5.41) is 4.37. The van der Waals surface area contributed by atoms with E-state index in [1.54, 1.807) is 16.3 Å². The summed E-state index contributed by atoms with van der Waals surface area (Å²) in [6.07, 6.45) is 0. The Morgan fingerprint density at radius 2 is 2.06 bits per heavy atom. The van der Waals surface area contributed by atoms with Gasteiger partial charge in [0.25, 0.3) is 5.91 Å². The van der Waals surface area contributed by atoms with Crippen LogP contribution in [0.1, 0.15) is 24.2 Å². The molecule has 1 N–H and O–H groups in total. The Balaban J connectivity index is 2.46. The molecule has 0 saturated heterocycles. The maximum Gasteiger partial charge on any atom is 0.252 e. The minimum absolute atomic E-state index is 0.0496. The second-order valence-electron chi connectivity index (χ2n) is 3.39. The van der Waals surface area contributed by atoms with E-state index < -0.39 is 0 Å². The molecule has 1 heterocycles. The lowest BCUT2D eigenvalue weighted by atomic mass is 10.3. The van der Waals surface area contributed by atoms with Crippen molar-refractivity contribution >= 4 is 39.1 Å². The first-order valence-electron chi connectivity index (χ1n) is 5.38. The second-order valence-corrected chi connectivity index (χ2v) is 5.68. The monoisotopic (exact) mass is 318 g/mol. The van der Waals surface area contributed by atoms with Gasteiger partial charge in [-0.15, -0.1) is 11.3 Å². The van der Waals surface area contributed by atoms with Gasteiger partial charge in [-0.25, -0.2) is 0 Å². The van der Waals surface area contributed by atoms with Crippen LogP contribution in [0.15, 0.2) is 15.2 Å². The van der Waals surface area contributed by atoms with Crippen molar-refractivity contribution in [2.75, 3.05) is 19.6 Å². The highest BCUT2D eigenvalue weighted by Gasteiger charge is 2.12. The number of halogens is 1. The predicted molar refractivity (Wildman–Crippen MR) is 72.3 cm³/mol. The molecule has 0 atom stereocenters. The number of carbonyl (C=O) groups excluding carboxylic acids is 2. The van der Waals surface area contributed by atoms with Crippen molar-refractivity contribution in [2.24, 2.45) is 0 Å². The molecule has 0 radical (unpaired) electrons. The molecule has 2 amide bonds. The second kappa shape index (κ2) is 6.76. The molecule has 0 fully saturated rings. The van der Waals surface area contributed by atoms with Crippen LogP contribution in [0.2, 0.25) is 0 Å². The van der Waals surface area contributed by atoms with Gasteiger partial charge in [0.05, 0.1) is 15.9 Å². The fraction of sp³-hybridized carbons (Fsp3) is 0.455. The summed E-state index contributed by atoms with van der Waals surface area (Å²) in [6, 6.07) is 1.74. The van der Waals surface area contributed by atoms with Crippen LogP contribution in [0.3, 0.4) is 0 Å². The van der Waals surface area contributed by atoms with Gasteiger partial charge in [-0.1, -0.05) is 0 Å². The Morgan fingerprint density at radius 3 is 2.53 bits per heavy atom. The van der Waals surface area contributed by atoms with E-state index in [1.165, 1.54) is 11.3 Å². The van der Waals surface area contributed by atoms with Crippen LogP contribution < -0.4 is 5.32 Å². The zero-order valence-electron chi connectivity index (χ0n) is 9.83. The molecule has 0 aliphatic carbocycles. The smallest absolute Gasteiger partial charge is 0.252 e. The standard InChI is InChI=1S/C11H15BrN2O2S/c1-3-14(4-2)10(15)6-13-11(16)8-5-9(12)17-7-8/h5,7H,3-4,6H2,1-2H3,(H,13,16). The molecule has 1 rings (SSSR count). The van der Waals surface area contributed by atoms with Gasteiger partial charge in [0.2, 0.25) is 5.91 Å². The van der Waals surface area contributed by atoms with Gasteiger partial charge in [0.15, 0.2) is 0 Å². The van der Waals surface area contributed by atoms with Crippen molar-refractivity contribution in [3.63, 3.8) is 0 Å². The summed E-state index contributed by atoms with van der Waals surface area (Å²) in [6.45, 7) is 5.21. The summed E-state index contributed by atoms with van der Waals surface area (Å²) in [5.74, 6) is -0.273. The van der Waals surface area contributed by atoms with Crippen LogP contribution in [0, 0.1) is 0 Å². The van der Waals surface area contributed by atoms with Crippen LogP contribution >= 0.6 is 27.3 Å². The van der Waals surface area contributed by atoms with Crippen LogP contribution in [-0.4, -0.2) is 36.3 Å². The topological polar surface area (TPSA) is 49.4 Å². The van der Waals surface area contributed by atoms with Crippen LogP contribution in [0.5, 0.6) is 0 Å². The van der Waals surface area contributed by atoms with E-state index in [-0.39, 0.29) is 18.4 Å². The fourth-order valence-corrected chi connectivity index (χ4v) is 2.51. The highest BCUT2D eigenvalue weighted by atomic mass is 79.9. The summed E-state index contributed by atoms with van der Waals surface area (Å²) in [7, 11) is 0. The van der Waals surface area contributed by atoms with Crippen molar-refractivity contribution in [2.45, 2.75) is 13.8 Å². The Labute approximate surface area is 113 Å². The number of hydrogen-bond donors (Lipinski definition) is 1. The van der Waals surface area contributed by atoms with Crippen molar-refractivity contribution in [1.29, 1.82) is 0 Å². The van der Waals surface area contributed by atoms with E-state index in [0.29, 0.717) is 18.7 Å². The molecular weight excluding hydrogens is 304 g/mol. The van der Waals surface area contributed by atoms with E-state index in [9.17, 15) is 9.59 Å². The molecule has 0 aliphatic rings. The first kappa shape index (κ1) is 14.2. The van der Waals surface area contributed by atoms with Gasteiger partial charge >= 0.3 is 0 Å². The van der Waals surface area contributed by atoms with E-state index in [2.05, 4.69) is 21.2 Å². The molecular formula is C11H15BrN2O2S. The highest BCUT2D eigenvalue weighted by Crippen LogP contribution is 2.20. The Bertz CT molecular complexity index is 402. The number of thiophene rings is 1. The lowest BCUT2D eigenvalue weighted by molar-refractivity contribution is -0.129. The van der Waals surface area contributed by atoms with Gasteiger partial charge < -0.3 is 10.2 Å². The number of nitrogens with zero attached hydrogens (tertiary/aromatic N) is 1. The first-order valence-corrected chi connectivity index (χ1v) is 7.05. The number of carbonyl (C=O) groups is 2. The molecule has 0 aliphatic heterocycles. The molecule has 1 aromatic heterocycles. The lowest BCUT2D eigenvalue weighted by Gasteiger charge is -2.18. The Morgan fingerprint density at radius 1 is 1.41 bits per heavy atom. The van der Waals surface area contributed by atoms with Crippen molar-refractivity contribution in [3.8, 4) is 0 Å². The number of hydrogen-bond acceptors (Lipinski definition) is 3. The van der Waals surface area contributed by atoms with Crippen LogP contribution in [0.4, 0.5) is 0 Å². The number of nitrogens with one attached hydrogen (secondary N) is 1. The Hall–Kier alpha value is -0.880. The maximum absolute atomic E-state index is 11.7. The third-order valence-corrected chi connectivity index (χ3v) is 3.85. The molecule has 1 aromatic rings. The zero-order chi connectivity index (χ0) is 12.8.